The fourth-order valence-corrected chi connectivity index (χ4v) is 3.12. The molecule has 8 nitrogen and oxygen atoms in total. The number of nitrogens with zero attached hydrogens (tertiary/aromatic N) is 2. The highest BCUT2D eigenvalue weighted by Crippen LogP contribution is 2.34. The third-order valence-electron chi connectivity index (χ3n) is 4.87. The average Bonchev–Trinajstić information content (AvgIpc) is 3.33. The molecule has 0 bridgehead atoms. The van der Waals surface area contributed by atoms with E-state index >= 15 is 0 Å². The average molecular weight is 463 g/mol. The van der Waals surface area contributed by atoms with Crippen molar-refractivity contribution in [2.45, 2.75) is 12.8 Å². The summed E-state index contributed by atoms with van der Waals surface area (Å²) in [6, 6.07) is 18.0. The number of aryl methyl sites for hydroxylation is 1. The molecule has 0 aliphatic carbocycles. The van der Waals surface area contributed by atoms with Gasteiger partial charge < -0.3 is 24.1 Å². The Bertz CT molecular complexity index is 1260. The van der Waals surface area contributed by atoms with Gasteiger partial charge in [-0.2, -0.15) is 4.98 Å². The van der Waals surface area contributed by atoms with E-state index in [1.165, 1.54) is 12.1 Å². The van der Waals surface area contributed by atoms with E-state index in [0.717, 1.165) is 0 Å². The van der Waals surface area contributed by atoms with Crippen LogP contribution in [0.25, 0.3) is 11.4 Å². The third-order valence-corrected chi connectivity index (χ3v) is 4.87. The van der Waals surface area contributed by atoms with Crippen molar-refractivity contribution in [2.24, 2.45) is 0 Å². The number of aromatic nitrogens is 2. The molecule has 1 aromatic heterocycles. The van der Waals surface area contributed by atoms with Crippen LogP contribution in [0.3, 0.4) is 0 Å². The van der Waals surface area contributed by atoms with E-state index in [1.54, 1.807) is 68.8 Å². The van der Waals surface area contributed by atoms with Gasteiger partial charge in [0.05, 0.1) is 14.2 Å². The number of anilines is 1. The molecule has 1 amide bonds. The Labute approximate surface area is 195 Å². The molecule has 1 heterocycles. The monoisotopic (exact) mass is 463 g/mol. The Morgan fingerprint density at radius 1 is 0.941 bits per heavy atom. The summed E-state index contributed by atoms with van der Waals surface area (Å²) in [5, 5.41) is 6.71. The van der Waals surface area contributed by atoms with Crippen molar-refractivity contribution in [1.29, 1.82) is 0 Å². The number of carbonyl (C=O) groups excluding carboxylic acids is 1. The van der Waals surface area contributed by atoms with Gasteiger partial charge in [0.15, 0.2) is 11.5 Å². The number of amides is 1. The number of rotatable bonds is 9. The fourth-order valence-electron chi connectivity index (χ4n) is 3.12. The van der Waals surface area contributed by atoms with Crippen LogP contribution in [0.1, 0.15) is 12.3 Å². The molecule has 4 aromatic rings. The van der Waals surface area contributed by atoms with Gasteiger partial charge in [0, 0.05) is 30.2 Å². The number of hydrogen-bond acceptors (Lipinski definition) is 7. The quantitative estimate of drug-likeness (QED) is 0.362. The maximum Gasteiger partial charge on any atom is 0.227 e. The Balaban J connectivity index is 1.37. The van der Waals surface area contributed by atoms with Crippen molar-refractivity contribution in [1.82, 2.24) is 10.1 Å². The molecule has 3 aromatic carbocycles. The standard InChI is InChI=1S/C25H22FN3O5/c1-31-19-8-10-20(11-9-19)33-22-15-18(7-12-21(22)32-2)27-23(30)13-14-24-28-25(29-34-24)16-3-5-17(26)6-4-16/h3-12,15H,13-14H2,1-2H3,(H,27,30). The lowest BCUT2D eigenvalue weighted by Crippen LogP contribution is -2.12. The predicted octanol–water partition coefficient (Wildman–Crippen LogP) is 5.26. The Morgan fingerprint density at radius 3 is 2.38 bits per heavy atom. The predicted molar refractivity (Wildman–Crippen MR) is 123 cm³/mol. The molecular formula is C25H22FN3O5. The van der Waals surface area contributed by atoms with Gasteiger partial charge in [-0.05, 0) is 60.7 Å². The lowest BCUT2D eigenvalue weighted by atomic mass is 10.2. The minimum absolute atomic E-state index is 0.131. The van der Waals surface area contributed by atoms with Gasteiger partial charge >= 0.3 is 0 Å². The zero-order valence-corrected chi connectivity index (χ0v) is 18.6. The topological polar surface area (TPSA) is 95.7 Å². The molecular weight excluding hydrogens is 441 g/mol. The van der Waals surface area contributed by atoms with Gasteiger partial charge in [-0.3, -0.25) is 4.79 Å². The van der Waals surface area contributed by atoms with Crippen LogP contribution >= 0.6 is 0 Å². The molecule has 0 radical (unpaired) electrons. The summed E-state index contributed by atoms with van der Waals surface area (Å²) in [5.74, 6) is 2.35. The van der Waals surface area contributed by atoms with Crippen molar-refractivity contribution in [2.75, 3.05) is 19.5 Å². The highest BCUT2D eigenvalue weighted by atomic mass is 19.1. The fraction of sp³-hybridized carbons (Fsp3) is 0.160. The van der Waals surface area contributed by atoms with Crippen LogP contribution < -0.4 is 19.5 Å². The summed E-state index contributed by atoms with van der Waals surface area (Å²) in [4.78, 5) is 16.7. The van der Waals surface area contributed by atoms with Crippen LogP contribution in [0.2, 0.25) is 0 Å². The van der Waals surface area contributed by atoms with E-state index in [2.05, 4.69) is 15.5 Å². The van der Waals surface area contributed by atoms with Gasteiger partial charge in [-0.15, -0.1) is 0 Å². The summed E-state index contributed by atoms with van der Waals surface area (Å²) in [5.41, 5.74) is 1.18. The van der Waals surface area contributed by atoms with E-state index in [1.807, 2.05) is 0 Å². The van der Waals surface area contributed by atoms with Crippen molar-refractivity contribution in [3.05, 3.63) is 78.4 Å². The molecule has 174 valence electrons. The second-order valence-corrected chi connectivity index (χ2v) is 7.21. The Kier molecular flexibility index (Phi) is 7.02. The molecule has 0 aliphatic heterocycles. The highest BCUT2D eigenvalue weighted by molar-refractivity contribution is 5.91. The molecule has 0 fully saturated rings. The van der Waals surface area contributed by atoms with Gasteiger partial charge in [0.25, 0.3) is 0 Å². The van der Waals surface area contributed by atoms with Crippen LogP contribution in [-0.4, -0.2) is 30.3 Å². The van der Waals surface area contributed by atoms with Gasteiger partial charge in [0.1, 0.15) is 17.3 Å². The second kappa shape index (κ2) is 10.5. The molecule has 0 saturated carbocycles. The molecule has 34 heavy (non-hydrogen) atoms. The summed E-state index contributed by atoms with van der Waals surface area (Å²) < 4.78 is 34.7. The molecule has 0 atom stereocenters. The van der Waals surface area contributed by atoms with E-state index in [-0.39, 0.29) is 24.6 Å². The third kappa shape index (κ3) is 5.69. The van der Waals surface area contributed by atoms with Gasteiger partial charge in [0.2, 0.25) is 17.6 Å². The number of carbonyl (C=O) groups is 1. The first-order valence-corrected chi connectivity index (χ1v) is 10.4. The summed E-state index contributed by atoms with van der Waals surface area (Å²) in [6.07, 6.45) is 0.386. The minimum Gasteiger partial charge on any atom is -0.497 e. The maximum atomic E-state index is 13.1. The molecule has 0 aliphatic rings. The van der Waals surface area contributed by atoms with Crippen molar-refractivity contribution in [3.8, 4) is 34.4 Å². The number of ether oxygens (including phenoxy) is 3. The van der Waals surface area contributed by atoms with Crippen molar-refractivity contribution < 1.29 is 27.9 Å². The maximum absolute atomic E-state index is 13.1. The molecule has 9 heteroatoms. The lowest BCUT2D eigenvalue weighted by Gasteiger charge is -2.13. The number of halogens is 1. The first kappa shape index (κ1) is 22.8. The number of benzene rings is 3. The van der Waals surface area contributed by atoms with Gasteiger partial charge in [-0.1, -0.05) is 5.16 Å². The van der Waals surface area contributed by atoms with E-state index < -0.39 is 0 Å². The molecule has 0 unspecified atom stereocenters. The SMILES string of the molecule is COc1ccc(Oc2cc(NC(=O)CCc3nc(-c4ccc(F)cc4)no3)ccc2OC)cc1. The Hall–Kier alpha value is -4.40. The minimum atomic E-state index is -0.347. The normalized spacial score (nSPS) is 10.6. The first-order valence-electron chi connectivity index (χ1n) is 10.4. The molecule has 4 rings (SSSR count). The van der Waals surface area contributed by atoms with Crippen LogP contribution in [0.4, 0.5) is 10.1 Å². The smallest absolute Gasteiger partial charge is 0.227 e. The van der Waals surface area contributed by atoms with Crippen LogP contribution in [0.5, 0.6) is 23.0 Å². The zero-order valence-electron chi connectivity index (χ0n) is 18.6. The number of methoxy groups -OCH3 is 2. The number of hydrogen-bond donors (Lipinski definition) is 1. The first-order chi connectivity index (χ1) is 16.5. The summed E-state index contributed by atoms with van der Waals surface area (Å²) in [6.45, 7) is 0. The molecule has 1 N–H and O–H groups in total. The van der Waals surface area contributed by atoms with Crippen LogP contribution in [0, 0.1) is 5.82 Å². The number of nitrogens with one attached hydrogen (secondary N) is 1. The van der Waals surface area contributed by atoms with E-state index in [9.17, 15) is 9.18 Å². The van der Waals surface area contributed by atoms with E-state index in [0.29, 0.717) is 46.0 Å². The molecule has 0 spiro atoms. The van der Waals surface area contributed by atoms with Gasteiger partial charge in [-0.25, -0.2) is 4.39 Å². The summed E-state index contributed by atoms with van der Waals surface area (Å²) in [7, 11) is 3.13. The largest absolute Gasteiger partial charge is 0.497 e. The molecule has 0 saturated heterocycles. The van der Waals surface area contributed by atoms with E-state index in [4.69, 9.17) is 18.7 Å². The lowest BCUT2D eigenvalue weighted by molar-refractivity contribution is -0.116. The summed E-state index contributed by atoms with van der Waals surface area (Å²) >= 11 is 0. The van der Waals surface area contributed by atoms with Crippen LogP contribution in [0.15, 0.2) is 71.3 Å². The highest BCUT2D eigenvalue weighted by Gasteiger charge is 2.13. The van der Waals surface area contributed by atoms with Crippen molar-refractivity contribution in [3.63, 3.8) is 0 Å². The Morgan fingerprint density at radius 2 is 1.68 bits per heavy atom. The van der Waals surface area contributed by atoms with Crippen LogP contribution in [-0.2, 0) is 11.2 Å². The second-order valence-electron chi connectivity index (χ2n) is 7.21. The zero-order chi connectivity index (χ0) is 23.9. The van der Waals surface area contributed by atoms with Crippen molar-refractivity contribution >= 4 is 11.6 Å².